The van der Waals surface area contributed by atoms with Gasteiger partial charge in [-0.15, -0.1) is 0 Å². The molecule has 4 heterocycles. The van der Waals surface area contributed by atoms with E-state index in [9.17, 15) is 4.79 Å². The Morgan fingerprint density at radius 1 is 1.19 bits per heavy atom. The van der Waals surface area contributed by atoms with Crippen LogP contribution in [0.3, 0.4) is 0 Å². The number of hydrogen-bond acceptors (Lipinski definition) is 7. The fourth-order valence-electron chi connectivity index (χ4n) is 3.55. The quantitative estimate of drug-likeness (QED) is 0.700. The fraction of sp³-hybridized carbons (Fsp3) is 0.368. The molecule has 1 aliphatic heterocycles. The second kappa shape index (κ2) is 7.22. The van der Waals surface area contributed by atoms with E-state index in [2.05, 4.69) is 20.1 Å². The molecule has 0 radical (unpaired) electrons. The lowest BCUT2D eigenvalue weighted by Crippen LogP contribution is -2.29. The normalized spacial score (nSPS) is 16.7. The maximum absolute atomic E-state index is 12.5. The van der Waals surface area contributed by atoms with Crippen LogP contribution in [0, 0.1) is 19.8 Å². The van der Waals surface area contributed by atoms with E-state index in [1.54, 1.807) is 24.8 Å². The fourth-order valence-corrected chi connectivity index (χ4v) is 3.55. The summed E-state index contributed by atoms with van der Waals surface area (Å²) >= 11 is 0. The minimum Gasteiger partial charge on any atom is -0.361 e. The van der Waals surface area contributed by atoms with Crippen molar-refractivity contribution in [3.05, 3.63) is 53.8 Å². The van der Waals surface area contributed by atoms with Gasteiger partial charge in [-0.1, -0.05) is 5.16 Å². The van der Waals surface area contributed by atoms with Gasteiger partial charge in [-0.2, -0.15) is 0 Å². The standard InChI is InChI=1S/C19H20N6O2/c1-12-18(13(2)27-24-12)17-9-20-8-16(23-17)5-14-3-4-25(10-14)19(26)15-6-21-11-22-7-15/h6-9,11,14H,3-5,10H2,1-2H3. The second-order valence-corrected chi connectivity index (χ2v) is 6.83. The average molecular weight is 364 g/mol. The van der Waals surface area contributed by atoms with Crippen molar-refractivity contribution in [1.29, 1.82) is 0 Å². The van der Waals surface area contributed by atoms with Gasteiger partial charge in [0.15, 0.2) is 0 Å². The van der Waals surface area contributed by atoms with Crippen molar-refractivity contribution in [2.75, 3.05) is 13.1 Å². The van der Waals surface area contributed by atoms with Crippen LogP contribution in [0.4, 0.5) is 0 Å². The monoisotopic (exact) mass is 364 g/mol. The number of aryl methyl sites for hydroxylation is 2. The summed E-state index contributed by atoms with van der Waals surface area (Å²) in [4.78, 5) is 31.3. The number of likely N-dealkylation sites (tertiary alicyclic amines) is 1. The molecule has 1 amide bonds. The molecule has 1 fully saturated rings. The highest BCUT2D eigenvalue weighted by Gasteiger charge is 2.28. The Morgan fingerprint density at radius 3 is 2.74 bits per heavy atom. The highest BCUT2D eigenvalue weighted by molar-refractivity contribution is 5.93. The Balaban J connectivity index is 1.45. The first-order valence-corrected chi connectivity index (χ1v) is 8.90. The van der Waals surface area contributed by atoms with Gasteiger partial charge >= 0.3 is 0 Å². The van der Waals surface area contributed by atoms with Crippen LogP contribution in [0.25, 0.3) is 11.3 Å². The molecule has 27 heavy (non-hydrogen) atoms. The van der Waals surface area contributed by atoms with Crippen LogP contribution in [0.2, 0.25) is 0 Å². The van der Waals surface area contributed by atoms with Crippen molar-refractivity contribution in [3.8, 4) is 11.3 Å². The Bertz CT molecular complexity index is 936. The summed E-state index contributed by atoms with van der Waals surface area (Å²) in [5.74, 6) is 1.07. The number of rotatable bonds is 4. The third kappa shape index (κ3) is 3.55. The number of amides is 1. The molecule has 1 aliphatic rings. The SMILES string of the molecule is Cc1noc(C)c1-c1cncc(CC2CCN(C(=O)c3cncnc3)C2)n1. The van der Waals surface area contributed by atoms with Gasteiger partial charge in [0, 0.05) is 31.7 Å². The van der Waals surface area contributed by atoms with Crippen LogP contribution < -0.4 is 0 Å². The summed E-state index contributed by atoms with van der Waals surface area (Å²) in [6, 6.07) is 0. The summed E-state index contributed by atoms with van der Waals surface area (Å²) in [6.45, 7) is 5.20. The maximum atomic E-state index is 12.5. The van der Waals surface area contributed by atoms with Crippen molar-refractivity contribution in [2.45, 2.75) is 26.7 Å². The largest absolute Gasteiger partial charge is 0.361 e. The number of hydrogen-bond donors (Lipinski definition) is 0. The minimum atomic E-state index is -0.0198. The molecule has 8 heteroatoms. The molecule has 3 aromatic rings. The zero-order valence-electron chi connectivity index (χ0n) is 15.3. The zero-order valence-corrected chi connectivity index (χ0v) is 15.3. The van der Waals surface area contributed by atoms with Gasteiger partial charge in [-0.05, 0) is 32.6 Å². The Kier molecular flexibility index (Phi) is 4.62. The van der Waals surface area contributed by atoms with Crippen molar-refractivity contribution < 1.29 is 9.32 Å². The lowest BCUT2D eigenvalue weighted by Gasteiger charge is -2.16. The van der Waals surface area contributed by atoms with E-state index in [1.807, 2.05) is 18.7 Å². The van der Waals surface area contributed by atoms with Gasteiger partial charge in [0.1, 0.15) is 12.1 Å². The van der Waals surface area contributed by atoms with Gasteiger partial charge in [0.05, 0.1) is 34.4 Å². The first kappa shape index (κ1) is 17.3. The average Bonchev–Trinajstić information content (AvgIpc) is 3.28. The molecule has 3 aromatic heterocycles. The highest BCUT2D eigenvalue weighted by atomic mass is 16.5. The van der Waals surface area contributed by atoms with E-state index in [4.69, 9.17) is 9.51 Å². The minimum absolute atomic E-state index is 0.0198. The molecular weight excluding hydrogens is 344 g/mol. The third-order valence-electron chi connectivity index (χ3n) is 4.85. The van der Waals surface area contributed by atoms with Crippen LogP contribution >= 0.6 is 0 Å². The van der Waals surface area contributed by atoms with E-state index >= 15 is 0 Å². The number of aromatic nitrogens is 5. The number of carbonyl (C=O) groups is 1. The second-order valence-electron chi connectivity index (χ2n) is 6.83. The van der Waals surface area contributed by atoms with E-state index in [-0.39, 0.29) is 5.91 Å². The molecule has 1 atom stereocenters. The highest BCUT2D eigenvalue weighted by Crippen LogP contribution is 2.26. The lowest BCUT2D eigenvalue weighted by molar-refractivity contribution is 0.0786. The van der Waals surface area contributed by atoms with Crippen LogP contribution in [0.1, 0.15) is 33.9 Å². The molecule has 8 nitrogen and oxygen atoms in total. The molecule has 0 aliphatic carbocycles. The first-order valence-electron chi connectivity index (χ1n) is 8.90. The predicted molar refractivity (Wildman–Crippen MR) is 96.7 cm³/mol. The molecule has 138 valence electrons. The molecule has 1 unspecified atom stereocenters. The van der Waals surface area contributed by atoms with E-state index in [1.165, 1.54) is 6.33 Å². The van der Waals surface area contributed by atoms with Crippen molar-refractivity contribution in [2.24, 2.45) is 5.92 Å². The van der Waals surface area contributed by atoms with Crippen molar-refractivity contribution >= 4 is 5.91 Å². The first-order chi connectivity index (χ1) is 13.1. The molecule has 0 spiro atoms. The van der Waals surface area contributed by atoms with Crippen molar-refractivity contribution in [3.63, 3.8) is 0 Å². The van der Waals surface area contributed by atoms with Gasteiger partial charge in [0.25, 0.3) is 5.91 Å². The van der Waals surface area contributed by atoms with E-state index in [0.29, 0.717) is 18.0 Å². The lowest BCUT2D eigenvalue weighted by atomic mass is 10.0. The molecule has 1 saturated heterocycles. The van der Waals surface area contributed by atoms with Crippen LogP contribution in [0.5, 0.6) is 0 Å². The predicted octanol–water partition coefficient (Wildman–Crippen LogP) is 2.24. The third-order valence-corrected chi connectivity index (χ3v) is 4.85. The summed E-state index contributed by atoms with van der Waals surface area (Å²) in [5.41, 5.74) is 3.92. The van der Waals surface area contributed by atoms with E-state index in [0.717, 1.165) is 47.8 Å². The summed E-state index contributed by atoms with van der Waals surface area (Å²) in [5, 5.41) is 3.99. The van der Waals surface area contributed by atoms with Crippen molar-refractivity contribution in [1.82, 2.24) is 30.0 Å². The van der Waals surface area contributed by atoms with Crippen LogP contribution in [-0.4, -0.2) is 49.0 Å². The summed E-state index contributed by atoms with van der Waals surface area (Å²) in [7, 11) is 0. The molecule has 0 bridgehead atoms. The molecule has 0 saturated carbocycles. The Morgan fingerprint density at radius 2 is 2.00 bits per heavy atom. The Hall–Kier alpha value is -3.16. The van der Waals surface area contributed by atoms with Crippen LogP contribution in [-0.2, 0) is 6.42 Å². The van der Waals surface area contributed by atoms with Crippen LogP contribution in [0.15, 0.2) is 35.6 Å². The van der Waals surface area contributed by atoms with E-state index < -0.39 is 0 Å². The van der Waals surface area contributed by atoms with Gasteiger partial charge in [-0.25, -0.2) is 15.0 Å². The maximum Gasteiger partial charge on any atom is 0.256 e. The molecule has 0 aromatic carbocycles. The van der Waals surface area contributed by atoms with Gasteiger partial charge < -0.3 is 9.42 Å². The molecule has 4 rings (SSSR count). The molecule has 0 N–H and O–H groups in total. The number of nitrogens with zero attached hydrogens (tertiary/aromatic N) is 6. The smallest absolute Gasteiger partial charge is 0.256 e. The molecular formula is C19H20N6O2. The Labute approximate surface area is 156 Å². The summed E-state index contributed by atoms with van der Waals surface area (Å²) < 4.78 is 5.23. The van der Waals surface area contributed by atoms with Gasteiger partial charge in [-0.3, -0.25) is 9.78 Å². The number of carbonyl (C=O) groups excluding carboxylic acids is 1. The van der Waals surface area contributed by atoms with Gasteiger partial charge in [0.2, 0.25) is 0 Å². The summed E-state index contributed by atoms with van der Waals surface area (Å²) in [6.07, 6.45) is 9.78. The zero-order chi connectivity index (χ0) is 18.8. The topological polar surface area (TPSA) is 97.9 Å².